The molecule has 25 heavy (non-hydrogen) atoms. The van der Waals surface area contributed by atoms with Crippen molar-refractivity contribution in [1.29, 1.82) is 0 Å². The number of piperazine rings is 1. The quantitative estimate of drug-likeness (QED) is 0.895. The number of hydrogen-bond acceptors (Lipinski definition) is 4. The Morgan fingerprint density at radius 2 is 1.76 bits per heavy atom. The van der Waals surface area contributed by atoms with Gasteiger partial charge in [-0.3, -0.25) is 14.5 Å². The summed E-state index contributed by atoms with van der Waals surface area (Å²) in [5.41, 5.74) is 3.08. The molecule has 0 aliphatic carbocycles. The van der Waals surface area contributed by atoms with Crippen molar-refractivity contribution in [1.82, 2.24) is 9.80 Å². The van der Waals surface area contributed by atoms with Crippen LogP contribution in [0.5, 0.6) is 0 Å². The van der Waals surface area contributed by atoms with Gasteiger partial charge < -0.3 is 10.2 Å². The Morgan fingerprint density at radius 3 is 2.36 bits per heavy atom. The van der Waals surface area contributed by atoms with Crippen LogP contribution >= 0.6 is 11.3 Å². The summed E-state index contributed by atoms with van der Waals surface area (Å²) in [7, 11) is 0. The van der Waals surface area contributed by atoms with Crippen molar-refractivity contribution in [3.05, 3.63) is 52.2 Å². The van der Waals surface area contributed by atoms with Crippen LogP contribution in [0.25, 0.3) is 0 Å². The predicted molar refractivity (Wildman–Crippen MR) is 101 cm³/mol. The van der Waals surface area contributed by atoms with E-state index in [4.69, 9.17) is 0 Å². The third kappa shape index (κ3) is 5.14. The minimum atomic E-state index is -0.0934. The van der Waals surface area contributed by atoms with Crippen molar-refractivity contribution in [2.24, 2.45) is 0 Å². The number of benzene rings is 1. The third-order valence-electron chi connectivity index (χ3n) is 4.34. The van der Waals surface area contributed by atoms with E-state index in [0.717, 1.165) is 44.0 Å². The number of nitrogens with one attached hydrogen (secondary N) is 1. The molecule has 132 valence electrons. The van der Waals surface area contributed by atoms with Crippen molar-refractivity contribution in [3.63, 3.8) is 0 Å². The van der Waals surface area contributed by atoms with Crippen molar-refractivity contribution in [2.75, 3.05) is 31.5 Å². The first kappa shape index (κ1) is 17.6. The molecule has 2 heterocycles. The Balaban J connectivity index is 1.46. The lowest BCUT2D eigenvalue weighted by atomic mass is 10.1. The van der Waals surface area contributed by atoms with E-state index in [-0.39, 0.29) is 11.8 Å². The summed E-state index contributed by atoms with van der Waals surface area (Å²) < 4.78 is 0. The zero-order valence-corrected chi connectivity index (χ0v) is 15.2. The molecular formula is C19H23N3O2S. The normalized spacial score (nSPS) is 15.2. The van der Waals surface area contributed by atoms with E-state index in [1.54, 1.807) is 11.3 Å². The average Bonchev–Trinajstić information content (AvgIpc) is 3.10. The Labute approximate surface area is 152 Å². The lowest BCUT2D eigenvalue weighted by Gasteiger charge is -2.34. The number of hydrogen-bond donors (Lipinski definition) is 1. The molecule has 0 atom stereocenters. The number of amides is 2. The summed E-state index contributed by atoms with van der Waals surface area (Å²) in [5.74, 6) is 0.0756. The summed E-state index contributed by atoms with van der Waals surface area (Å²) in [6.45, 7) is 5.86. The highest BCUT2D eigenvalue weighted by Crippen LogP contribution is 2.14. The summed E-state index contributed by atoms with van der Waals surface area (Å²) in [6, 6.07) is 9.63. The van der Waals surface area contributed by atoms with Gasteiger partial charge in [-0.1, -0.05) is 12.1 Å². The van der Waals surface area contributed by atoms with Crippen molar-refractivity contribution >= 4 is 28.8 Å². The SMILES string of the molecule is CC(=O)Nc1ccc(CC(=O)N2CCN(Cc3ccsc3)CC2)cc1. The van der Waals surface area contributed by atoms with Crippen LogP contribution in [0.2, 0.25) is 0 Å². The van der Waals surface area contributed by atoms with E-state index in [2.05, 4.69) is 27.0 Å². The van der Waals surface area contributed by atoms with Gasteiger partial charge in [0.25, 0.3) is 0 Å². The fourth-order valence-corrected chi connectivity index (χ4v) is 3.65. The van der Waals surface area contributed by atoms with Crippen LogP contribution in [0.4, 0.5) is 5.69 Å². The van der Waals surface area contributed by atoms with Crippen LogP contribution < -0.4 is 5.32 Å². The van der Waals surface area contributed by atoms with E-state index < -0.39 is 0 Å². The van der Waals surface area contributed by atoms with Gasteiger partial charge >= 0.3 is 0 Å². The summed E-state index contributed by atoms with van der Waals surface area (Å²) >= 11 is 1.72. The van der Waals surface area contributed by atoms with Gasteiger partial charge in [0.15, 0.2) is 0 Å². The maximum Gasteiger partial charge on any atom is 0.227 e. The van der Waals surface area contributed by atoms with E-state index >= 15 is 0 Å². The van der Waals surface area contributed by atoms with Crippen LogP contribution in [-0.4, -0.2) is 47.8 Å². The molecule has 0 saturated carbocycles. The van der Waals surface area contributed by atoms with Crippen molar-refractivity contribution in [3.8, 4) is 0 Å². The number of thiophene rings is 1. The largest absolute Gasteiger partial charge is 0.340 e. The lowest BCUT2D eigenvalue weighted by molar-refractivity contribution is -0.132. The second kappa shape index (κ2) is 8.27. The molecule has 2 aromatic rings. The maximum absolute atomic E-state index is 12.5. The van der Waals surface area contributed by atoms with Gasteiger partial charge in [-0.15, -0.1) is 0 Å². The monoisotopic (exact) mass is 357 g/mol. The molecule has 5 nitrogen and oxygen atoms in total. The molecule has 2 amide bonds. The number of carbonyl (C=O) groups excluding carboxylic acids is 2. The van der Waals surface area contributed by atoms with Gasteiger partial charge in [-0.05, 0) is 40.1 Å². The fourth-order valence-electron chi connectivity index (χ4n) is 2.99. The molecule has 1 aromatic carbocycles. The van der Waals surface area contributed by atoms with Gasteiger partial charge in [0.05, 0.1) is 6.42 Å². The molecule has 6 heteroatoms. The topological polar surface area (TPSA) is 52.7 Å². The van der Waals surface area contributed by atoms with Gasteiger partial charge in [-0.2, -0.15) is 11.3 Å². The Morgan fingerprint density at radius 1 is 1.04 bits per heavy atom. The fraction of sp³-hybridized carbons (Fsp3) is 0.368. The van der Waals surface area contributed by atoms with Gasteiger partial charge in [0, 0.05) is 45.3 Å². The van der Waals surface area contributed by atoms with Crippen LogP contribution in [-0.2, 0) is 22.6 Å². The standard InChI is InChI=1S/C19H23N3O2S/c1-15(23)20-18-4-2-16(3-5-18)12-19(24)22-9-7-21(8-10-22)13-17-6-11-25-14-17/h2-6,11,14H,7-10,12-13H2,1H3,(H,20,23). The van der Waals surface area contributed by atoms with E-state index in [9.17, 15) is 9.59 Å². The highest BCUT2D eigenvalue weighted by molar-refractivity contribution is 7.07. The molecule has 1 aliphatic heterocycles. The van der Waals surface area contributed by atoms with E-state index in [1.165, 1.54) is 12.5 Å². The molecule has 1 aliphatic rings. The number of nitrogens with zero attached hydrogens (tertiary/aromatic N) is 2. The molecule has 0 spiro atoms. The molecule has 1 fully saturated rings. The van der Waals surface area contributed by atoms with Crippen molar-refractivity contribution < 1.29 is 9.59 Å². The van der Waals surface area contributed by atoms with Crippen molar-refractivity contribution in [2.45, 2.75) is 19.9 Å². The van der Waals surface area contributed by atoms with Gasteiger partial charge in [-0.25, -0.2) is 0 Å². The number of anilines is 1. The van der Waals surface area contributed by atoms with Crippen LogP contribution in [0, 0.1) is 0 Å². The zero-order chi connectivity index (χ0) is 17.6. The zero-order valence-electron chi connectivity index (χ0n) is 14.4. The number of carbonyl (C=O) groups is 2. The maximum atomic E-state index is 12.5. The summed E-state index contributed by atoms with van der Waals surface area (Å²) in [6.07, 6.45) is 0.408. The van der Waals surface area contributed by atoms with Crippen LogP contribution in [0.1, 0.15) is 18.1 Å². The lowest BCUT2D eigenvalue weighted by Crippen LogP contribution is -2.48. The predicted octanol–water partition coefficient (Wildman–Crippen LogP) is 2.59. The Hall–Kier alpha value is -2.18. The molecule has 1 saturated heterocycles. The Bertz CT molecular complexity index is 705. The minimum Gasteiger partial charge on any atom is -0.340 e. The van der Waals surface area contributed by atoms with E-state index in [0.29, 0.717) is 6.42 Å². The molecule has 0 unspecified atom stereocenters. The number of rotatable bonds is 5. The van der Waals surface area contributed by atoms with E-state index in [1.807, 2.05) is 29.2 Å². The third-order valence-corrected chi connectivity index (χ3v) is 5.07. The molecule has 1 N–H and O–H groups in total. The summed E-state index contributed by atoms with van der Waals surface area (Å²) in [4.78, 5) is 27.9. The highest BCUT2D eigenvalue weighted by Gasteiger charge is 2.21. The summed E-state index contributed by atoms with van der Waals surface area (Å²) in [5, 5.41) is 7.02. The molecular weight excluding hydrogens is 334 g/mol. The average molecular weight is 357 g/mol. The van der Waals surface area contributed by atoms with Gasteiger partial charge in [0.2, 0.25) is 11.8 Å². The molecule has 1 aromatic heterocycles. The van der Waals surface area contributed by atoms with Crippen LogP contribution in [0.3, 0.4) is 0 Å². The smallest absolute Gasteiger partial charge is 0.227 e. The first-order chi connectivity index (χ1) is 12.1. The van der Waals surface area contributed by atoms with Crippen LogP contribution in [0.15, 0.2) is 41.1 Å². The molecule has 0 bridgehead atoms. The van der Waals surface area contributed by atoms with Gasteiger partial charge in [0.1, 0.15) is 0 Å². The first-order valence-electron chi connectivity index (χ1n) is 8.48. The molecule has 0 radical (unpaired) electrons. The highest BCUT2D eigenvalue weighted by atomic mass is 32.1. The second-order valence-electron chi connectivity index (χ2n) is 6.34. The first-order valence-corrected chi connectivity index (χ1v) is 9.42. The minimum absolute atomic E-state index is 0.0934. The molecule has 3 rings (SSSR count). The second-order valence-corrected chi connectivity index (χ2v) is 7.12. The Kier molecular flexibility index (Phi) is 5.83.